The number of aryl methyl sites for hydroxylation is 1. The van der Waals surface area contributed by atoms with Crippen LogP contribution in [0.25, 0.3) is 0 Å². The molecule has 0 saturated carbocycles. The van der Waals surface area contributed by atoms with Crippen LogP contribution in [0.2, 0.25) is 0 Å². The monoisotopic (exact) mass is 349 g/mol. The minimum absolute atomic E-state index is 0.184. The standard InChI is InChI=1S/C17H27N5O3/c1-10(2)7-21(9-13-6-12(5)25-20-13)14-15(18)22(8-11(3)4)17(24)19-16(14)23/h6,10-11H,7-9,18H2,1-5H3,(H,19,23,24). The molecule has 0 unspecified atom stereocenters. The Morgan fingerprint density at radius 2 is 1.96 bits per heavy atom. The minimum Gasteiger partial charge on any atom is -0.383 e. The van der Waals surface area contributed by atoms with E-state index >= 15 is 0 Å². The van der Waals surface area contributed by atoms with Crippen molar-refractivity contribution in [1.82, 2.24) is 14.7 Å². The lowest BCUT2D eigenvalue weighted by atomic mass is 10.2. The quantitative estimate of drug-likeness (QED) is 0.788. The van der Waals surface area contributed by atoms with E-state index in [1.54, 1.807) is 0 Å². The van der Waals surface area contributed by atoms with Crippen molar-refractivity contribution in [2.24, 2.45) is 11.8 Å². The molecule has 8 nitrogen and oxygen atoms in total. The number of hydrogen-bond acceptors (Lipinski definition) is 6. The highest BCUT2D eigenvalue weighted by molar-refractivity contribution is 5.62. The number of anilines is 2. The van der Waals surface area contributed by atoms with Gasteiger partial charge >= 0.3 is 5.69 Å². The van der Waals surface area contributed by atoms with Crippen molar-refractivity contribution >= 4 is 11.5 Å². The predicted octanol–water partition coefficient (Wildman–Crippen LogP) is 1.73. The minimum atomic E-state index is -0.485. The van der Waals surface area contributed by atoms with Gasteiger partial charge in [-0.2, -0.15) is 0 Å². The van der Waals surface area contributed by atoms with Gasteiger partial charge < -0.3 is 15.2 Å². The van der Waals surface area contributed by atoms with E-state index in [0.717, 1.165) is 0 Å². The summed E-state index contributed by atoms with van der Waals surface area (Å²) in [7, 11) is 0. The molecular formula is C17H27N5O3. The van der Waals surface area contributed by atoms with E-state index in [1.807, 2.05) is 31.7 Å². The maximum absolute atomic E-state index is 12.5. The molecule has 3 N–H and O–H groups in total. The smallest absolute Gasteiger partial charge is 0.330 e. The average Bonchev–Trinajstić information content (AvgIpc) is 2.87. The third-order valence-electron chi connectivity index (χ3n) is 3.69. The summed E-state index contributed by atoms with van der Waals surface area (Å²) in [6, 6.07) is 1.82. The lowest BCUT2D eigenvalue weighted by Gasteiger charge is -2.27. The predicted molar refractivity (Wildman–Crippen MR) is 97.7 cm³/mol. The van der Waals surface area contributed by atoms with Crippen molar-refractivity contribution in [3.63, 3.8) is 0 Å². The van der Waals surface area contributed by atoms with E-state index in [4.69, 9.17) is 10.3 Å². The van der Waals surface area contributed by atoms with Crippen molar-refractivity contribution in [1.29, 1.82) is 0 Å². The van der Waals surface area contributed by atoms with E-state index in [1.165, 1.54) is 4.57 Å². The van der Waals surface area contributed by atoms with Gasteiger partial charge in [-0.3, -0.25) is 14.3 Å². The first kappa shape index (κ1) is 18.8. The van der Waals surface area contributed by atoms with Crippen molar-refractivity contribution in [2.45, 2.75) is 47.7 Å². The Kier molecular flexibility index (Phi) is 5.71. The number of rotatable bonds is 7. The molecule has 2 aromatic rings. The molecule has 0 aromatic carbocycles. The molecule has 8 heteroatoms. The Labute approximate surface area is 146 Å². The Balaban J connectivity index is 2.51. The number of nitrogen functional groups attached to an aromatic ring is 1. The summed E-state index contributed by atoms with van der Waals surface area (Å²) in [6.07, 6.45) is 0. The van der Waals surface area contributed by atoms with Gasteiger partial charge in [-0.25, -0.2) is 4.79 Å². The molecule has 0 spiro atoms. The van der Waals surface area contributed by atoms with Crippen molar-refractivity contribution in [3.8, 4) is 0 Å². The van der Waals surface area contributed by atoms with E-state index in [-0.39, 0.29) is 17.7 Å². The summed E-state index contributed by atoms with van der Waals surface area (Å²) < 4.78 is 6.53. The van der Waals surface area contributed by atoms with Crippen molar-refractivity contribution < 1.29 is 4.52 Å². The topological polar surface area (TPSA) is 110 Å². The zero-order chi connectivity index (χ0) is 18.7. The third kappa shape index (κ3) is 4.52. The molecule has 0 atom stereocenters. The molecule has 25 heavy (non-hydrogen) atoms. The summed E-state index contributed by atoms with van der Waals surface area (Å²) in [5, 5.41) is 4.00. The van der Waals surface area contributed by atoms with Gasteiger partial charge in [-0.1, -0.05) is 32.9 Å². The highest BCUT2D eigenvalue weighted by atomic mass is 16.5. The molecule has 0 amide bonds. The third-order valence-corrected chi connectivity index (χ3v) is 3.69. The summed E-state index contributed by atoms with van der Waals surface area (Å²) in [4.78, 5) is 28.9. The molecule has 0 aliphatic rings. The SMILES string of the molecule is Cc1cc(CN(CC(C)C)c2c(N)n(CC(C)C)c(=O)[nH]c2=O)no1. The van der Waals surface area contributed by atoms with Crippen molar-refractivity contribution in [3.05, 3.63) is 38.4 Å². The van der Waals surface area contributed by atoms with Gasteiger partial charge in [0.25, 0.3) is 5.56 Å². The fraction of sp³-hybridized carbons (Fsp3) is 0.588. The second-order valence-electron chi connectivity index (χ2n) is 7.20. The summed E-state index contributed by atoms with van der Waals surface area (Å²) in [5.74, 6) is 1.39. The Bertz CT molecular complexity index is 832. The summed E-state index contributed by atoms with van der Waals surface area (Å²) in [5.41, 5.74) is 6.27. The fourth-order valence-corrected chi connectivity index (χ4v) is 2.79. The van der Waals surface area contributed by atoms with Gasteiger partial charge in [-0.05, 0) is 18.8 Å². The zero-order valence-electron chi connectivity index (χ0n) is 15.5. The molecule has 2 heterocycles. The average molecular weight is 349 g/mol. The molecule has 138 valence electrons. The molecule has 0 aliphatic heterocycles. The Hall–Kier alpha value is -2.51. The van der Waals surface area contributed by atoms with Crippen LogP contribution in [-0.4, -0.2) is 21.3 Å². The fourth-order valence-electron chi connectivity index (χ4n) is 2.79. The van der Waals surface area contributed by atoms with Crippen LogP contribution in [0, 0.1) is 18.8 Å². The highest BCUT2D eigenvalue weighted by Crippen LogP contribution is 2.21. The molecular weight excluding hydrogens is 322 g/mol. The lowest BCUT2D eigenvalue weighted by Crippen LogP contribution is -2.40. The van der Waals surface area contributed by atoms with Crippen LogP contribution in [0.3, 0.4) is 0 Å². The first-order valence-corrected chi connectivity index (χ1v) is 8.48. The van der Waals surface area contributed by atoms with Crippen LogP contribution >= 0.6 is 0 Å². The highest BCUT2D eigenvalue weighted by Gasteiger charge is 2.21. The van der Waals surface area contributed by atoms with E-state index in [0.29, 0.717) is 36.8 Å². The molecule has 2 aromatic heterocycles. The van der Waals surface area contributed by atoms with E-state index in [2.05, 4.69) is 24.0 Å². The van der Waals surface area contributed by atoms with Gasteiger partial charge in [0.15, 0.2) is 0 Å². The van der Waals surface area contributed by atoms with Crippen LogP contribution in [0.1, 0.15) is 39.1 Å². The molecule has 0 fully saturated rings. The van der Waals surface area contributed by atoms with Gasteiger partial charge in [0, 0.05) is 19.2 Å². The summed E-state index contributed by atoms with van der Waals surface area (Å²) >= 11 is 0. The Morgan fingerprint density at radius 1 is 1.28 bits per heavy atom. The van der Waals surface area contributed by atoms with Gasteiger partial charge in [0.05, 0.1) is 6.54 Å². The largest absolute Gasteiger partial charge is 0.383 e. The lowest BCUT2D eigenvalue weighted by molar-refractivity contribution is 0.389. The van der Waals surface area contributed by atoms with Crippen LogP contribution in [0.15, 0.2) is 20.2 Å². The number of nitrogens with two attached hydrogens (primary N) is 1. The second kappa shape index (κ2) is 7.58. The maximum Gasteiger partial charge on any atom is 0.330 e. The summed E-state index contributed by atoms with van der Waals surface area (Å²) in [6.45, 7) is 11.3. The molecule has 0 aliphatic carbocycles. The second-order valence-corrected chi connectivity index (χ2v) is 7.20. The number of aromatic amines is 1. The van der Waals surface area contributed by atoms with Crippen LogP contribution in [-0.2, 0) is 13.1 Å². The molecule has 0 radical (unpaired) electrons. The first-order chi connectivity index (χ1) is 11.7. The number of hydrogen-bond donors (Lipinski definition) is 2. The maximum atomic E-state index is 12.5. The number of nitrogens with one attached hydrogen (secondary N) is 1. The van der Waals surface area contributed by atoms with E-state index in [9.17, 15) is 9.59 Å². The van der Waals surface area contributed by atoms with Gasteiger partial charge in [-0.15, -0.1) is 0 Å². The number of nitrogens with zero attached hydrogens (tertiary/aromatic N) is 3. The Morgan fingerprint density at radius 3 is 2.48 bits per heavy atom. The number of H-pyrrole nitrogens is 1. The van der Waals surface area contributed by atoms with Crippen LogP contribution < -0.4 is 21.9 Å². The van der Waals surface area contributed by atoms with Gasteiger partial charge in [0.1, 0.15) is 23.0 Å². The van der Waals surface area contributed by atoms with Crippen molar-refractivity contribution in [2.75, 3.05) is 17.2 Å². The van der Waals surface area contributed by atoms with Gasteiger partial charge in [0.2, 0.25) is 0 Å². The molecule has 0 saturated heterocycles. The first-order valence-electron chi connectivity index (χ1n) is 8.48. The zero-order valence-corrected chi connectivity index (χ0v) is 15.5. The van der Waals surface area contributed by atoms with E-state index < -0.39 is 11.2 Å². The van der Waals surface area contributed by atoms with Crippen LogP contribution in [0.4, 0.5) is 11.5 Å². The number of aromatic nitrogens is 3. The molecule has 2 rings (SSSR count). The normalized spacial score (nSPS) is 11.5. The molecule has 0 bridgehead atoms. The van der Waals surface area contributed by atoms with Crippen LogP contribution in [0.5, 0.6) is 0 Å².